The molecule has 1 heteroatoms. The third-order valence-electron chi connectivity index (χ3n) is 3.13. The summed E-state index contributed by atoms with van der Waals surface area (Å²) in [7, 11) is 0. The molecule has 1 heterocycles. The van der Waals surface area contributed by atoms with Crippen molar-refractivity contribution in [3.8, 4) is 0 Å². The molecule has 58 valence electrons. The van der Waals surface area contributed by atoms with Gasteiger partial charge in [0.1, 0.15) is 0 Å². The van der Waals surface area contributed by atoms with Gasteiger partial charge in [-0.25, -0.2) is 0 Å². The molecule has 10 heavy (non-hydrogen) atoms. The van der Waals surface area contributed by atoms with E-state index in [1.165, 1.54) is 25.0 Å². The average molecular weight is 156 g/mol. The molecule has 1 aliphatic heterocycles. The quantitative estimate of drug-likeness (QED) is 0.562. The minimum Gasteiger partial charge on any atom is -0.158 e. The van der Waals surface area contributed by atoms with E-state index >= 15 is 0 Å². The molecule has 2 rings (SSSR count). The van der Waals surface area contributed by atoms with Crippen molar-refractivity contribution in [2.24, 2.45) is 11.8 Å². The molecule has 0 N–H and O–H groups in total. The molecule has 0 amide bonds. The summed E-state index contributed by atoms with van der Waals surface area (Å²) in [6.45, 7) is 2.34. The molecule has 1 saturated carbocycles. The molecule has 3 atom stereocenters. The van der Waals surface area contributed by atoms with Gasteiger partial charge in [-0.3, -0.25) is 0 Å². The van der Waals surface area contributed by atoms with Crippen LogP contribution in [0.4, 0.5) is 0 Å². The Morgan fingerprint density at radius 3 is 3.00 bits per heavy atom. The van der Waals surface area contributed by atoms with Crippen molar-refractivity contribution < 1.29 is 0 Å². The first-order valence-electron chi connectivity index (χ1n) is 4.51. The van der Waals surface area contributed by atoms with Crippen LogP contribution in [-0.4, -0.2) is 11.0 Å². The van der Waals surface area contributed by atoms with E-state index in [0.29, 0.717) is 0 Å². The predicted octanol–water partition coefficient (Wildman–Crippen LogP) is 2.93. The van der Waals surface area contributed by atoms with Crippen molar-refractivity contribution >= 4 is 11.8 Å². The molecule has 2 aliphatic rings. The van der Waals surface area contributed by atoms with E-state index in [9.17, 15) is 0 Å². The summed E-state index contributed by atoms with van der Waals surface area (Å²) in [5.41, 5.74) is 0. The minimum absolute atomic E-state index is 1.07. The van der Waals surface area contributed by atoms with Crippen molar-refractivity contribution in [3.63, 3.8) is 0 Å². The lowest BCUT2D eigenvalue weighted by Gasteiger charge is -2.04. The van der Waals surface area contributed by atoms with Crippen molar-refractivity contribution in [2.45, 2.75) is 37.9 Å². The van der Waals surface area contributed by atoms with Gasteiger partial charge < -0.3 is 0 Å². The maximum Gasteiger partial charge on any atom is 0.00783 e. The van der Waals surface area contributed by atoms with Crippen LogP contribution in [0.15, 0.2) is 0 Å². The molecular weight excluding hydrogens is 140 g/mol. The molecule has 2 fully saturated rings. The average Bonchev–Trinajstić information content (AvgIpc) is 2.42. The molecule has 0 bridgehead atoms. The van der Waals surface area contributed by atoms with Gasteiger partial charge in [0.2, 0.25) is 0 Å². The van der Waals surface area contributed by atoms with Gasteiger partial charge in [0.25, 0.3) is 0 Å². The zero-order valence-electron chi connectivity index (χ0n) is 6.68. The van der Waals surface area contributed by atoms with E-state index in [4.69, 9.17) is 0 Å². The van der Waals surface area contributed by atoms with Crippen molar-refractivity contribution in [1.82, 2.24) is 0 Å². The lowest BCUT2D eigenvalue weighted by atomic mass is 10.0. The summed E-state index contributed by atoms with van der Waals surface area (Å²) in [4.78, 5) is 0. The second-order valence-electron chi connectivity index (χ2n) is 3.70. The third kappa shape index (κ3) is 1.09. The number of fused-ring (bicyclic) bond motifs is 1. The van der Waals surface area contributed by atoms with Crippen LogP contribution in [0.25, 0.3) is 0 Å². The SMILES string of the molecule is CCC1CC2CCSC2C1. The predicted molar refractivity (Wildman–Crippen MR) is 47.4 cm³/mol. The van der Waals surface area contributed by atoms with E-state index in [1.54, 1.807) is 6.42 Å². The Kier molecular flexibility index (Phi) is 1.94. The maximum absolute atomic E-state index is 2.34. The van der Waals surface area contributed by atoms with Crippen LogP contribution >= 0.6 is 11.8 Å². The highest BCUT2D eigenvalue weighted by Gasteiger charge is 2.36. The van der Waals surface area contributed by atoms with Crippen LogP contribution < -0.4 is 0 Å². The first kappa shape index (κ1) is 7.02. The van der Waals surface area contributed by atoms with Crippen LogP contribution in [0.2, 0.25) is 0 Å². The monoisotopic (exact) mass is 156 g/mol. The number of hydrogen-bond donors (Lipinski definition) is 0. The van der Waals surface area contributed by atoms with Crippen molar-refractivity contribution in [3.05, 3.63) is 0 Å². The van der Waals surface area contributed by atoms with E-state index in [0.717, 1.165) is 17.1 Å². The Labute approximate surface area is 67.8 Å². The van der Waals surface area contributed by atoms with E-state index in [-0.39, 0.29) is 0 Å². The molecule has 3 unspecified atom stereocenters. The molecule has 0 spiro atoms. The van der Waals surface area contributed by atoms with Gasteiger partial charge in [-0.1, -0.05) is 13.3 Å². The zero-order chi connectivity index (χ0) is 6.97. The van der Waals surface area contributed by atoms with Gasteiger partial charge in [0.15, 0.2) is 0 Å². The Balaban J connectivity index is 1.94. The van der Waals surface area contributed by atoms with Gasteiger partial charge in [-0.05, 0) is 36.9 Å². The lowest BCUT2D eigenvalue weighted by molar-refractivity contribution is 0.480. The topological polar surface area (TPSA) is 0 Å². The summed E-state index contributed by atoms with van der Waals surface area (Å²) in [5.74, 6) is 3.66. The van der Waals surface area contributed by atoms with E-state index < -0.39 is 0 Å². The summed E-state index contributed by atoms with van der Waals surface area (Å²) < 4.78 is 0. The van der Waals surface area contributed by atoms with E-state index in [1.807, 2.05) is 0 Å². The summed E-state index contributed by atoms with van der Waals surface area (Å²) in [6.07, 6.45) is 6.03. The Hall–Kier alpha value is 0.350. The fourth-order valence-electron chi connectivity index (χ4n) is 2.41. The van der Waals surface area contributed by atoms with Gasteiger partial charge in [0, 0.05) is 5.25 Å². The molecule has 1 saturated heterocycles. The van der Waals surface area contributed by atoms with Gasteiger partial charge in [-0.2, -0.15) is 11.8 Å². The van der Waals surface area contributed by atoms with Crippen LogP contribution in [0.3, 0.4) is 0 Å². The normalized spacial score (nSPS) is 45.9. The molecule has 0 aromatic heterocycles. The highest BCUT2D eigenvalue weighted by atomic mass is 32.2. The molecule has 0 radical (unpaired) electrons. The highest BCUT2D eigenvalue weighted by Crippen LogP contribution is 2.47. The standard InChI is InChI=1S/C9H16S/c1-2-7-5-8-3-4-10-9(8)6-7/h7-9H,2-6H2,1H3. The molecule has 1 aliphatic carbocycles. The number of hydrogen-bond acceptors (Lipinski definition) is 1. The highest BCUT2D eigenvalue weighted by molar-refractivity contribution is 8.00. The van der Waals surface area contributed by atoms with E-state index in [2.05, 4.69) is 18.7 Å². The van der Waals surface area contributed by atoms with Gasteiger partial charge >= 0.3 is 0 Å². The molecular formula is C9H16S. The van der Waals surface area contributed by atoms with Gasteiger partial charge in [-0.15, -0.1) is 0 Å². The fraction of sp³-hybridized carbons (Fsp3) is 1.00. The van der Waals surface area contributed by atoms with Crippen molar-refractivity contribution in [1.29, 1.82) is 0 Å². The van der Waals surface area contributed by atoms with Crippen LogP contribution in [0.5, 0.6) is 0 Å². The van der Waals surface area contributed by atoms with Crippen LogP contribution in [-0.2, 0) is 0 Å². The first-order valence-corrected chi connectivity index (χ1v) is 5.56. The molecule has 0 nitrogen and oxygen atoms in total. The lowest BCUT2D eigenvalue weighted by Crippen LogP contribution is -2.00. The maximum atomic E-state index is 2.34. The second-order valence-corrected chi connectivity index (χ2v) is 5.05. The van der Waals surface area contributed by atoms with Crippen LogP contribution in [0.1, 0.15) is 32.6 Å². The third-order valence-corrected chi connectivity index (χ3v) is 4.60. The zero-order valence-corrected chi connectivity index (χ0v) is 7.49. The van der Waals surface area contributed by atoms with Crippen LogP contribution in [0, 0.1) is 11.8 Å². The number of thioether (sulfide) groups is 1. The minimum atomic E-state index is 1.07. The number of rotatable bonds is 1. The first-order chi connectivity index (χ1) is 4.90. The second kappa shape index (κ2) is 2.77. The smallest absolute Gasteiger partial charge is 0.00783 e. The molecule has 0 aromatic rings. The summed E-state index contributed by atoms with van der Waals surface area (Å²) >= 11 is 2.23. The largest absolute Gasteiger partial charge is 0.158 e. The van der Waals surface area contributed by atoms with Gasteiger partial charge in [0.05, 0.1) is 0 Å². The molecule has 0 aromatic carbocycles. The summed E-state index contributed by atoms with van der Waals surface area (Å²) in [5, 5.41) is 1.07. The Morgan fingerprint density at radius 1 is 1.40 bits per heavy atom. The van der Waals surface area contributed by atoms with Crippen molar-refractivity contribution in [2.75, 3.05) is 5.75 Å². The fourth-order valence-corrected chi connectivity index (χ4v) is 4.08. The summed E-state index contributed by atoms with van der Waals surface area (Å²) in [6, 6.07) is 0. The Morgan fingerprint density at radius 2 is 2.30 bits per heavy atom. The Bertz CT molecular complexity index is 110.